The fraction of sp³-hybridized carbons (Fsp3) is 0.118. The lowest BCUT2D eigenvalue weighted by molar-refractivity contribution is 0.0983. The second-order valence-corrected chi connectivity index (χ2v) is 5.05. The van der Waals surface area contributed by atoms with E-state index in [2.05, 4.69) is 10.1 Å². The topological polar surface area (TPSA) is 76.2 Å². The molecule has 0 saturated heterocycles. The van der Waals surface area contributed by atoms with Crippen molar-refractivity contribution in [3.05, 3.63) is 65.6 Å². The molecule has 0 aliphatic carbocycles. The van der Waals surface area contributed by atoms with Crippen molar-refractivity contribution in [1.82, 2.24) is 10.1 Å². The molecule has 0 radical (unpaired) electrons. The number of pyridine rings is 1. The smallest absolute Gasteiger partial charge is 0.189 e. The summed E-state index contributed by atoms with van der Waals surface area (Å²) in [6.45, 7) is 1.91. The number of Topliss-reactive ketones (excluding diaryl/α,β-unsaturated/α-hetero) is 1. The summed E-state index contributed by atoms with van der Waals surface area (Å²) >= 11 is 0. The SMILES string of the molecule is Cc1ccc(O)c(CC(=O)c2cc(-c3cccnc3)on2)c1. The van der Waals surface area contributed by atoms with Crippen LogP contribution in [0.4, 0.5) is 0 Å². The molecule has 0 bridgehead atoms. The molecule has 0 aliphatic rings. The second kappa shape index (κ2) is 5.81. The van der Waals surface area contributed by atoms with Gasteiger partial charge >= 0.3 is 0 Å². The minimum Gasteiger partial charge on any atom is -0.508 e. The maximum absolute atomic E-state index is 12.3. The number of aromatic hydroxyl groups is 1. The summed E-state index contributed by atoms with van der Waals surface area (Å²) < 4.78 is 5.19. The van der Waals surface area contributed by atoms with Crippen molar-refractivity contribution in [3.63, 3.8) is 0 Å². The molecule has 0 aliphatic heterocycles. The Morgan fingerprint density at radius 3 is 2.91 bits per heavy atom. The average Bonchev–Trinajstić information content (AvgIpc) is 3.02. The van der Waals surface area contributed by atoms with E-state index in [0.29, 0.717) is 11.3 Å². The molecule has 5 nitrogen and oxygen atoms in total. The van der Waals surface area contributed by atoms with E-state index < -0.39 is 0 Å². The number of ketones is 1. The number of aryl methyl sites for hydroxylation is 1. The Kier molecular flexibility index (Phi) is 3.70. The van der Waals surface area contributed by atoms with Gasteiger partial charge in [0.15, 0.2) is 17.2 Å². The first-order valence-electron chi connectivity index (χ1n) is 6.82. The molecule has 110 valence electrons. The molecule has 1 aromatic carbocycles. The van der Waals surface area contributed by atoms with Gasteiger partial charge in [-0.05, 0) is 25.1 Å². The number of phenols is 1. The van der Waals surface area contributed by atoms with Crippen molar-refractivity contribution in [2.24, 2.45) is 0 Å². The Hall–Kier alpha value is -2.95. The number of benzene rings is 1. The Morgan fingerprint density at radius 2 is 2.14 bits per heavy atom. The van der Waals surface area contributed by atoms with Crippen molar-refractivity contribution in [3.8, 4) is 17.1 Å². The Balaban J connectivity index is 1.81. The third kappa shape index (κ3) is 2.88. The first kappa shape index (κ1) is 14.0. The molecule has 0 amide bonds. The number of aromatic nitrogens is 2. The molecular weight excluding hydrogens is 280 g/mol. The van der Waals surface area contributed by atoms with E-state index >= 15 is 0 Å². The van der Waals surface area contributed by atoms with Crippen molar-refractivity contribution < 1.29 is 14.4 Å². The molecular formula is C17H14N2O3. The molecule has 5 heteroatoms. The molecule has 2 heterocycles. The number of hydrogen-bond acceptors (Lipinski definition) is 5. The van der Waals surface area contributed by atoms with Crippen molar-refractivity contribution >= 4 is 5.78 Å². The lowest BCUT2D eigenvalue weighted by Gasteiger charge is -2.03. The summed E-state index contributed by atoms with van der Waals surface area (Å²) in [6, 6.07) is 10.4. The number of nitrogens with zero attached hydrogens (tertiary/aromatic N) is 2. The zero-order chi connectivity index (χ0) is 15.5. The highest BCUT2D eigenvalue weighted by Gasteiger charge is 2.16. The van der Waals surface area contributed by atoms with E-state index in [1.54, 1.807) is 42.7 Å². The monoisotopic (exact) mass is 294 g/mol. The van der Waals surface area contributed by atoms with Gasteiger partial charge in [0.1, 0.15) is 5.75 Å². The molecule has 2 aromatic heterocycles. The van der Waals surface area contributed by atoms with Crippen LogP contribution in [0.25, 0.3) is 11.3 Å². The van der Waals surface area contributed by atoms with Crippen molar-refractivity contribution in [2.75, 3.05) is 0 Å². The summed E-state index contributed by atoms with van der Waals surface area (Å²) in [7, 11) is 0. The standard InChI is InChI=1S/C17H14N2O3/c1-11-4-5-15(20)13(7-11)8-16(21)14-9-17(22-19-14)12-3-2-6-18-10-12/h2-7,9-10,20H,8H2,1H3. The summed E-state index contributed by atoms with van der Waals surface area (Å²) in [5.41, 5.74) is 2.56. The number of carbonyl (C=O) groups excluding carboxylic acids is 1. The zero-order valence-electron chi connectivity index (χ0n) is 12.0. The number of phenolic OH excluding ortho intramolecular Hbond substituents is 1. The van der Waals surface area contributed by atoms with Gasteiger partial charge in [-0.3, -0.25) is 9.78 Å². The third-order valence-electron chi connectivity index (χ3n) is 3.33. The van der Waals surface area contributed by atoms with Crippen LogP contribution in [0.5, 0.6) is 5.75 Å². The fourth-order valence-electron chi connectivity index (χ4n) is 2.17. The molecule has 0 fully saturated rings. The molecule has 3 rings (SSSR count). The Labute approximate surface area is 127 Å². The highest BCUT2D eigenvalue weighted by atomic mass is 16.5. The van der Waals surface area contributed by atoms with Gasteiger partial charge < -0.3 is 9.63 Å². The third-order valence-corrected chi connectivity index (χ3v) is 3.33. The van der Waals surface area contributed by atoms with Crippen LogP contribution < -0.4 is 0 Å². The normalized spacial score (nSPS) is 10.6. The highest BCUT2D eigenvalue weighted by Crippen LogP contribution is 2.22. The maximum Gasteiger partial charge on any atom is 0.189 e. The quantitative estimate of drug-likeness (QED) is 0.748. The molecule has 1 N–H and O–H groups in total. The van der Waals surface area contributed by atoms with Gasteiger partial charge in [-0.1, -0.05) is 22.9 Å². The molecule has 0 saturated carbocycles. The van der Waals surface area contributed by atoms with Crippen LogP contribution in [0.15, 0.2) is 53.3 Å². The van der Waals surface area contributed by atoms with E-state index in [1.165, 1.54) is 0 Å². The zero-order valence-corrected chi connectivity index (χ0v) is 12.0. The van der Waals surface area contributed by atoms with Gasteiger partial charge in [-0.15, -0.1) is 0 Å². The number of carbonyl (C=O) groups is 1. The largest absolute Gasteiger partial charge is 0.508 e. The molecule has 3 aromatic rings. The van der Waals surface area contributed by atoms with Crippen LogP contribution in [0, 0.1) is 6.92 Å². The fourth-order valence-corrected chi connectivity index (χ4v) is 2.17. The van der Waals surface area contributed by atoms with Gasteiger partial charge in [0.25, 0.3) is 0 Å². The molecule has 0 atom stereocenters. The molecule has 0 unspecified atom stereocenters. The number of hydrogen-bond donors (Lipinski definition) is 1. The first-order valence-corrected chi connectivity index (χ1v) is 6.82. The summed E-state index contributed by atoms with van der Waals surface area (Å²) in [5, 5.41) is 13.6. The average molecular weight is 294 g/mol. The summed E-state index contributed by atoms with van der Waals surface area (Å²) in [5.74, 6) is 0.389. The van der Waals surface area contributed by atoms with Crippen molar-refractivity contribution in [2.45, 2.75) is 13.3 Å². The van der Waals surface area contributed by atoms with Gasteiger partial charge in [0.05, 0.1) is 0 Å². The van der Waals surface area contributed by atoms with Gasteiger partial charge in [-0.25, -0.2) is 0 Å². The van der Waals surface area contributed by atoms with Crippen LogP contribution in [0.2, 0.25) is 0 Å². The van der Waals surface area contributed by atoms with Crippen LogP contribution in [0.3, 0.4) is 0 Å². The van der Waals surface area contributed by atoms with E-state index in [9.17, 15) is 9.90 Å². The van der Waals surface area contributed by atoms with E-state index in [0.717, 1.165) is 11.1 Å². The first-order chi connectivity index (χ1) is 10.6. The van der Waals surface area contributed by atoms with Crippen LogP contribution in [-0.4, -0.2) is 21.0 Å². The lowest BCUT2D eigenvalue weighted by Crippen LogP contribution is -2.04. The van der Waals surface area contributed by atoms with E-state index in [4.69, 9.17) is 4.52 Å². The van der Waals surface area contributed by atoms with Gasteiger partial charge in [-0.2, -0.15) is 0 Å². The maximum atomic E-state index is 12.3. The lowest BCUT2D eigenvalue weighted by atomic mass is 10.0. The van der Waals surface area contributed by atoms with Crippen LogP contribution >= 0.6 is 0 Å². The Morgan fingerprint density at radius 1 is 1.27 bits per heavy atom. The minimum absolute atomic E-state index is 0.0759. The van der Waals surface area contributed by atoms with Gasteiger partial charge in [0.2, 0.25) is 0 Å². The minimum atomic E-state index is -0.209. The predicted molar refractivity (Wildman–Crippen MR) is 80.6 cm³/mol. The van der Waals surface area contributed by atoms with Crippen molar-refractivity contribution in [1.29, 1.82) is 0 Å². The summed E-state index contributed by atoms with van der Waals surface area (Å²) in [4.78, 5) is 16.3. The second-order valence-electron chi connectivity index (χ2n) is 5.05. The van der Waals surface area contributed by atoms with E-state index in [1.807, 2.05) is 13.0 Å². The van der Waals surface area contributed by atoms with Crippen LogP contribution in [0.1, 0.15) is 21.6 Å². The summed E-state index contributed by atoms with van der Waals surface area (Å²) in [6.07, 6.45) is 3.38. The Bertz CT molecular complexity index is 810. The highest BCUT2D eigenvalue weighted by molar-refractivity contribution is 5.96. The molecule has 22 heavy (non-hydrogen) atoms. The molecule has 0 spiro atoms. The number of rotatable bonds is 4. The van der Waals surface area contributed by atoms with Gasteiger partial charge in [0, 0.05) is 36.0 Å². The predicted octanol–water partition coefficient (Wildman–Crippen LogP) is 3.18. The van der Waals surface area contributed by atoms with E-state index in [-0.39, 0.29) is 23.6 Å². The van der Waals surface area contributed by atoms with Crippen LogP contribution in [-0.2, 0) is 6.42 Å².